The highest BCUT2D eigenvalue weighted by atomic mass is 19.4. The van der Waals surface area contributed by atoms with E-state index in [1.165, 1.54) is 19.3 Å². The minimum Gasteiger partial charge on any atom is -0.440 e. The fourth-order valence-corrected chi connectivity index (χ4v) is 3.04. The fourth-order valence-electron chi connectivity index (χ4n) is 3.04. The molecule has 2 bridgehead atoms. The van der Waals surface area contributed by atoms with Crippen LogP contribution in [0.1, 0.15) is 25.7 Å². The first-order chi connectivity index (χ1) is 7.94. The van der Waals surface area contributed by atoms with Gasteiger partial charge >= 0.3 is 12.3 Å². The van der Waals surface area contributed by atoms with Gasteiger partial charge in [-0.15, -0.1) is 0 Å². The molecule has 2 aliphatic carbocycles. The number of fused-ring (bicyclic) bond motifs is 2. The zero-order chi connectivity index (χ0) is 12.5. The van der Waals surface area contributed by atoms with Crippen LogP contribution in [0.25, 0.3) is 0 Å². The topological polar surface area (TPSA) is 38.3 Å². The predicted molar refractivity (Wildman–Crippen MR) is 54.3 cm³/mol. The first-order valence-electron chi connectivity index (χ1n) is 5.91. The quantitative estimate of drug-likeness (QED) is 0.837. The summed E-state index contributed by atoms with van der Waals surface area (Å²) in [5, 5.41) is 2.42. The van der Waals surface area contributed by atoms with E-state index in [0.717, 1.165) is 12.3 Å². The van der Waals surface area contributed by atoms with Crippen molar-refractivity contribution < 1.29 is 22.7 Å². The van der Waals surface area contributed by atoms with Gasteiger partial charge in [0.2, 0.25) is 0 Å². The van der Waals surface area contributed by atoms with Gasteiger partial charge < -0.3 is 10.1 Å². The molecule has 0 aromatic heterocycles. The Morgan fingerprint density at radius 2 is 2.06 bits per heavy atom. The second-order valence-corrected chi connectivity index (χ2v) is 5.01. The summed E-state index contributed by atoms with van der Waals surface area (Å²) in [6.07, 6.45) is -0.670. The Balaban J connectivity index is 1.63. The van der Waals surface area contributed by atoms with E-state index in [0.29, 0.717) is 18.4 Å². The van der Waals surface area contributed by atoms with Crippen molar-refractivity contribution >= 4 is 6.09 Å². The van der Waals surface area contributed by atoms with Crippen LogP contribution in [0.15, 0.2) is 0 Å². The molecule has 1 N–H and O–H groups in total. The molecule has 3 nitrogen and oxygen atoms in total. The molecule has 3 atom stereocenters. The van der Waals surface area contributed by atoms with E-state index in [1.54, 1.807) is 0 Å². The van der Waals surface area contributed by atoms with Gasteiger partial charge in [0.05, 0.1) is 0 Å². The van der Waals surface area contributed by atoms with E-state index in [9.17, 15) is 18.0 Å². The van der Waals surface area contributed by atoms with Crippen molar-refractivity contribution in [2.24, 2.45) is 17.8 Å². The van der Waals surface area contributed by atoms with Crippen LogP contribution in [0, 0.1) is 17.8 Å². The average molecular weight is 251 g/mol. The van der Waals surface area contributed by atoms with Gasteiger partial charge in [-0.3, -0.25) is 0 Å². The molecule has 17 heavy (non-hydrogen) atoms. The molecule has 0 spiro atoms. The molecule has 2 aliphatic rings. The van der Waals surface area contributed by atoms with E-state index in [1.807, 2.05) is 0 Å². The molecule has 0 saturated heterocycles. The highest BCUT2D eigenvalue weighted by Crippen LogP contribution is 2.47. The Labute approximate surface area is 97.7 Å². The second kappa shape index (κ2) is 4.74. The normalized spacial score (nSPS) is 31.6. The molecule has 6 heteroatoms. The Morgan fingerprint density at radius 1 is 1.29 bits per heavy atom. The van der Waals surface area contributed by atoms with Gasteiger partial charge in [0.1, 0.15) is 0 Å². The minimum absolute atomic E-state index is 0.423. The highest BCUT2D eigenvalue weighted by molar-refractivity contribution is 5.67. The van der Waals surface area contributed by atoms with E-state index >= 15 is 0 Å². The molecule has 2 saturated carbocycles. The summed E-state index contributed by atoms with van der Waals surface area (Å²) in [6, 6.07) is 0. The van der Waals surface area contributed by atoms with Crippen LogP contribution in [0.5, 0.6) is 0 Å². The number of rotatable bonds is 3. The van der Waals surface area contributed by atoms with Crippen molar-refractivity contribution in [3.05, 3.63) is 0 Å². The molecule has 0 aromatic rings. The van der Waals surface area contributed by atoms with Crippen molar-refractivity contribution in [2.75, 3.05) is 13.2 Å². The molecule has 0 aliphatic heterocycles. The molecule has 0 aromatic carbocycles. The fraction of sp³-hybridized carbons (Fsp3) is 0.909. The second-order valence-electron chi connectivity index (χ2n) is 5.01. The monoisotopic (exact) mass is 251 g/mol. The lowest BCUT2D eigenvalue weighted by molar-refractivity contribution is -0.160. The third-order valence-corrected chi connectivity index (χ3v) is 3.76. The summed E-state index contributed by atoms with van der Waals surface area (Å²) >= 11 is 0. The summed E-state index contributed by atoms with van der Waals surface area (Å²) in [6.45, 7) is -1.08. The van der Waals surface area contributed by atoms with Gasteiger partial charge in [-0.05, 0) is 37.0 Å². The van der Waals surface area contributed by atoms with Crippen LogP contribution in [-0.2, 0) is 4.74 Å². The first kappa shape index (κ1) is 12.5. The van der Waals surface area contributed by atoms with Crippen molar-refractivity contribution in [1.29, 1.82) is 0 Å². The molecule has 0 heterocycles. The number of halogens is 3. The smallest absolute Gasteiger partial charge is 0.422 e. The average Bonchev–Trinajstić information content (AvgIpc) is 2.84. The Morgan fingerprint density at radius 3 is 2.59 bits per heavy atom. The van der Waals surface area contributed by atoms with E-state index in [-0.39, 0.29) is 0 Å². The molecule has 3 unspecified atom stereocenters. The Bertz CT molecular complexity index is 293. The Hall–Kier alpha value is -0.940. The van der Waals surface area contributed by atoms with E-state index in [2.05, 4.69) is 10.1 Å². The van der Waals surface area contributed by atoms with Gasteiger partial charge in [0.15, 0.2) is 6.61 Å². The lowest BCUT2D eigenvalue weighted by atomic mass is 9.89. The molecule has 2 rings (SSSR count). The van der Waals surface area contributed by atoms with Crippen LogP contribution in [-0.4, -0.2) is 25.4 Å². The van der Waals surface area contributed by atoms with Gasteiger partial charge in [0, 0.05) is 6.54 Å². The largest absolute Gasteiger partial charge is 0.440 e. The molecule has 2 fully saturated rings. The zero-order valence-corrected chi connectivity index (χ0v) is 9.43. The van der Waals surface area contributed by atoms with Gasteiger partial charge in [0.25, 0.3) is 0 Å². The van der Waals surface area contributed by atoms with Crippen molar-refractivity contribution in [1.82, 2.24) is 5.32 Å². The Kier molecular flexibility index (Phi) is 3.49. The lowest BCUT2D eigenvalue weighted by Crippen LogP contribution is -2.34. The number of amides is 1. The van der Waals surface area contributed by atoms with Gasteiger partial charge in [-0.1, -0.05) is 6.42 Å². The van der Waals surface area contributed by atoms with E-state index < -0.39 is 18.9 Å². The van der Waals surface area contributed by atoms with Crippen LogP contribution >= 0.6 is 0 Å². The summed E-state index contributed by atoms with van der Waals surface area (Å²) in [7, 11) is 0. The lowest BCUT2D eigenvalue weighted by Gasteiger charge is -2.21. The van der Waals surface area contributed by atoms with Gasteiger partial charge in [-0.25, -0.2) is 4.79 Å². The molecule has 1 amide bonds. The summed E-state index contributed by atoms with van der Waals surface area (Å²) < 4.78 is 39.4. The van der Waals surface area contributed by atoms with E-state index in [4.69, 9.17) is 0 Å². The SMILES string of the molecule is O=C(NCC1CC2CCC1C2)OCC(F)(F)F. The number of hydrogen-bond donors (Lipinski definition) is 1. The number of alkyl halides is 3. The van der Waals surface area contributed by atoms with Crippen LogP contribution in [0.3, 0.4) is 0 Å². The van der Waals surface area contributed by atoms with Crippen molar-refractivity contribution in [3.8, 4) is 0 Å². The summed E-state index contributed by atoms with van der Waals surface area (Å²) in [5.74, 6) is 1.83. The summed E-state index contributed by atoms with van der Waals surface area (Å²) in [5.41, 5.74) is 0. The maximum Gasteiger partial charge on any atom is 0.422 e. The highest BCUT2D eigenvalue weighted by Gasteiger charge is 2.39. The third-order valence-electron chi connectivity index (χ3n) is 3.76. The van der Waals surface area contributed by atoms with Crippen LogP contribution in [0.4, 0.5) is 18.0 Å². The van der Waals surface area contributed by atoms with Crippen molar-refractivity contribution in [3.63, 3.8) is 0 Å². The molecule has 0 radical (unpaired) electrons. The number of hydrogen-bond acceptors (Lipinski definition) is 2. The summed E-state index contributed by atoms with van der Waals surface area (Å²) in [4.78, 5) is 11.0. The third kappa shape index (κ3) is 3.51. The molecule has 98 valence electrons. The number of carbonyl (C=O) groups excluding carboxylic acids is 1. The maximum atomic E-state index is 11.8. The maximum absolute atomic E-state index is 11.8. The molecular weight excluding hydrogens is 235 g/mol. The molecular formula is C11H16F3NO2. The number of carbonyl (C=O) groups is 1. The first-order valence-corrected chi connectivity index (χ1v) is 5.91. The number of ether oxygens (including phenoxy) is 1. The van der Waals surface area contributed by atoms with Crippen molar-refractivity contribution in [2.45, 2.75) is 31.9 Å². The standard InChI is InChI=1S/C11H16F3NO2/c12-11(13,14)6-17-10(16)15-5-9-4-7-1-2-8(9)3-7/h7-9H,1-6H2,(H,15,16). The zero-order valence-electron chi connectivity index (χ0n) is 9.43. The number of alkyl carbamates (subject to hydrolysis) is 1. The predicted octanol–water partition coefficient (Wildman–Crippen LogP) is 2.71. The minimum atomic E-state index is -4.45. The number of nitrogens with one attached hydrogen (secondary N) is 1. The van der Waals surface area contributed by atoms with Crippen LogP contribution < -0.4 is 5.32 Å². The van der Waals surface area contributed by atoms with Gasteiger partial charge in [-0.2, -0.15) is 13.2 Å². The van der Waals surface area contributed by atoms with Crippen LogP contribution in [0.2, 0.25) is 0 Å².